The summed E-state index contributed by atoms with van der Waals surface area (Å²) in [5.41, 5.74) is 3.99. The maximum Gasteiger partial charge on any atom is 0.310 e. The second kappa shape index (κ2) is 9.95. The number of fused-ring (bicyclic) bond motifs is 2. The van der Waals surface area contributed by atoms with E-state index in [9.17, 15) is 4.79 Å². The van der Waals surface area contributed by atoms with Gasteiger partial charge in [0.15, 0.2) is 0 Å². The van der Waals surface area contributed by atoms with Gasteiger partial charge in [0.05, 0.1) is 32.1 Å². The van der Waals surface area contributed by atoms with Gasteiger partial charge in [0.1, 0.15) is 6.10 Å². The van der Waals surface area contributed by atoms with Crippen LogP contribution in [0, 0.1) is 0 Å². The van der Waals surface area contributed by atoms with Gasteiger partial charge >= 0.3 is 5.97 Å². The minimum atomic E-state index is 0. The lowest BCUT2D eigenvalue weighted by molar-refractivity contribution is -0.949. The van der Waals surface area contributed by atoms with Crippen LogP contribution in [0.15, 0.2) is 35.9 Å². The van der Waals surface area contributed by atoms with E-state index in [0.29, 0.717) is 18.5 Å². The van der Waals surface area contributed by atoms with E-state index < -0.39 is 0 Å². The third-order valence-corrected chi connectivity index (χ3v) is 7.64. The highest BCUT2D eigenvalue weighted by Gasteiger charge is 2.51. The molecule has 2 saturated heterocycles. The van der Waals surface area contributed by atoms with Crippen molar-refractivity contribution in [2.45, 2.75) is 89.3 Å². The highest BCUT2D eigenvalue weighted by molar-refractivity contribution is 5.79. The molecule has 0 saturated carbocycles. The number of quaternary nitrogens is 1. The van der Waals surface area contributed by atoms with Crippen LogP contribution in [0.3, 0.4) is 0 Å². The molecular weight excluding hydrogens is 473 g/mol. The minimum absolute atomic E-state index is 0. The van der Waals surface area contributed by atoms with Gasteiger partial charge in [-0.2, -0.15) is 0 Å². The molecule has 4 heteroatoms. The first kappa shape index (κ1) is 22.8. The molecule has 0 aromatic heterocycles. The van der Waals surface area contributed by atoms with Gasteiger partial charge < -0.3 is 33.2 Å². The Labute approximate surface area is 193 Å². The summed E-state index contributed by atoms with van der Waals surface area (Å²) < 4.78 is 7.26. The van der Waals surface area contributed by atoms with Crippen LogP contribution in [0.2, 0.25) is 0 Å². The van der Waals surface area contributed by atoms with Crippen molar-refractivity contribution in [3.05, 3.63) is 41.5 Å². The molecule has 2 heterocycles. The monoisotopic (exact) mass is 509 g/mol. The van der Waals surface area contributed by atoms with Gasteiger partial charge in [-0.1, -0.05) is 42.8 Å². The first-order chi connectivity index (χ1) is 13.6. The zero-order valence-corrected chi connectivity index (χ0v) is 20.2. The van der Waals surface area contributed by atoms with E-state index in [1.54, 1.807) is 0 Å². The number of carbonyl (C=O) groups is 1. The van der Waals surface area contributed by atoms with E-state index in [2.05, 4.69) is 44.3 Å². The fourth-order valence-corrected chi connectivity index (χ4v) is 6.19. The van der Waals surface area contributed by atoms with Crippen LogP contribution in [-0.4, -0.2) is 42.2 Å². The highest BCUT2D eigenvalue weighted by Crippen LogP contribution is 2.42. The standard InChI is InChI=1S/C25H36NO2.HI/c1-3-15-26(2)21-13-14-22(26)18-23(17-21)28-25(27)16-20-11-7-8-12-24(20)19-9-5-4-6-10-19;/h4-6,9-10,21-23H,3,7-8,11-18H2,1-2H3;1H/q+1;/p-1/t21-,22+,23?,26?;. The van der Waals surface area contributed by atoms with Crippen LogP contribution in [-0.2, 0) is 9.53 Å². The third-order valence-electron chi connectivity index (χ3n) is 7.64. The molecule has 2 fully saturated rings. The Balaban J connectivity index is 0.00000240. The summed E-state index contributed by atoms with van der Waals surface area (Å²) in [5, 5.41) is 0. The zero-order chi connectivity index (χ0) is 19.6. The van der Waals surface area contributed by atoms with Crippen LogP contribution >= 0.6 is 0 Å². The van der Waals surface area contributed by atoms with E-state index in [1.807, 2.05) is 0 Å². The molecule has 0 N–H and O–H groups in total. The summed E-state index contributed by atoms with van der Waals surface area (Å²) in [5.74, 6) is 0.00123. The fourth-order valence-electron chi connectivity index (χ4n) is 6.19. The van der Waals surface area contributed by atoms with Gasteiger partial charge in [0.25, 0.3) is 0 Å². The summed E-state index contributed by atoms with van der Waals surface area (Å²) in [6, 6.07) is 12.0. The number of carbonyl (C=O) groups excluding carboxylic acids is 1. The Hall–Kier alpha value is -0.880. The number of rotatable bonds is 6. The fraction of sp³-hybridized carbons (Fsp3) is 0.640. The van der Waals surface area contributed by atoms with E-state index in [-0.39, 0.29) is 36.0 Å². The number of halogens is 1. The molecule has 0 amide bonds. The average Bonchev–Trinajstić information content (AvgIpc) is 2.86. The van der Waals surface area contributed by atoms with E-state index in [0.717, 1.165) is 25.7 Å². The summed E-state index contributed by atoms with van der Waals surface area (Å²) in [4.78, 5) is 12.8. The molecule has 2 unspecified atom stereocenters. The first-order valence-electron chi connectivity index (χ1n) is 11.4. The van der Waals surface area contributed by atoms with Crippen molar-refractivity contribution in [2.24, 2.45) is 0 Å². The van der Waals surface area contributed by atoms with Crippen molar-refractivity contribution in [3.8, 4) is 0 Å². The molecule has 3 aliphatic rings. The molecule has 0 spiro atoms. The predicted octanol–water partition coefficient (Wildman–Crippen LogP) is 2.50. The van der Waals surface area contributed by atoms with E-state index in [1.165, 1.54) is 59.8 Å². The second-order valence-electron chi connectivity index (χ2n) is 9.37. The topological polar surface area (TPSA) is 26.3 Å². The number of allylic oxidation sites excluding steroid dienone is 1. The van der Waals surface area contributed by atoms with Crippen LogP contribution < -0.4 is 24.0 Å². The Morgan fingerprint density at radius 1 is 1.07 bits per heavy atom. The van der Waals surface area contributed by atoms with Crippen LogP contribution in [0.1, 0.15) is 76.7 Å². The van der Waals surface area contributed by atoms with Crippen molar-refractivity contribution >= 4 is 11.5 Å². The molecule has 2 bridgehead atoms. The molecule has 29 heavy (non-hydrogen) atoms. The quantitative estimate of drug-likeness (QED) is 0.335. The number of esters is 1. The summed E-state index contributed by atoms with van der Waals surface area (Å²) in [6.07, 6.45) is 11.1. The van der Waals surface area contributed by atoms with Gasteiger partial charge in [0.2, 0.25) is 0 Å². The predicted molar refractivity (Wildman–Crippen MR) is 114 cm³/mol. The number of nitrogens with zero attached hydrogens (tertiary/aromatic N) is 1. The van der Waals surface area contributed by atoms with Gasteiger partial charge in [-0.15, -0.1) is 0 Å². The molecular formula is C25H36INO2. The molecule has 1 aromatic carbocycles. The van der Waals surface area contributed by atoms with Crippen LogP contribution in [0.5, 0.6) is 0 Å². The molecule has 0 radical (unpaired) electrons. The number of benzene rings is 1. The SMILES string of the molecule is CCC[N+]1(C)[C@@H]2CC[C@H]1CC(OC(=O)CC1=C(c3ccccc3)CCCC1)C2.[I-]. The first-order valence-corrected chi connectivity index (χ1v) is 11.4. The molecule has 160 valence electrons. The Morgan fingerprint density at radius 3 is 2.38 bits per heavy atom. The van der Waals surface area contributed by atoms with Crippen molar-refractivity contribution in [1.82, 2.24) is 0 Å². The molecule has 4 rings (SSSR count). The summed E-state index contributed by atoms with van der Waals surface area (Å²) in [6.45, 7) is 3.56. The lowest BCUT2D eigenvalue weighted by Crippen LogP contribution is -3.00. The van der Waals surface area contributed by atoms with Crippen molar-refractivity contribution in [2.75, 3.05) is 13.6 Å². The van der Waals surface area contributed by atoms with Crippen LogP contribution in [0.4, 0.5) is 0 Å². The van der Waals surface area contributed by atoms with E-state index >= 15 is 0 Å². The van der Waals surface area contributed by atoms with Gasteiger partial charge in [-0.3, -0.25) is 4.79 Å². The lowest BCUT2D eigenvalue weighted by atomic mass is 9.86. The van der Waals surface area contributed by atoms with Crippen molar-refractivity contribution in [3.63, 3.8) is 0 Å². The average molecular weight is 509 g/mol. The van der Waals surface area contributed by atoms with Crippen molar-refractivity contribution < 1.29 is 38.0 Å². The number of ether oxygens (including phenoxy) is 1. The number of hydrogen-bond donors (Lipinski definition) is 0. The Morgan fingerprint density at radius 2 is 1.72 bits per heavy atom. The second-order valence-corrected chi connectivity index (χ2v) is 9.37. The Bertz CT molecular complexity index is 716. The molecule has 1 aliphatic carbocycles. The highest BCUT2D eigenvalue weighted by atomic mass is 127. The van der Waals surface area contributed by atoms with E-state index in [4.69, 9.17) is 4.74 Å². The normalized spacial score (nSPS) is 31.3. The largest absolute Gasteiger partial charge is 1.00 e. The number of hydrogen-bond acceptors (Lipinski definition) is 2. The molecule has 3 nitrogen and oxygen atoms in total. The molecule has 2 aliphatic heterocycles. The Kier molecular flexibility index (Phi) is 7.82. The summed E-state index contributed by atoms with van der Waals surface area (Å²) in [7, 11) is 2.43. The lowest BCUT2D eigenvalue weighted by Gasteiger charge is -2.46. The minimum Gasteiger partial charge on any atom is -1.00 e. The van der Waals surface area contributed by atoms with Gasteiger partial charge in [-0.25, -0.2) is 0 Å². The zero-order valence-electron chi connectivity index (χ0n) is 18.0. The maximum absolute atomic E-state index is 12.8. The molecule has 4 atom stereocenters. The summed E-state index contributed by atoms with van der Waals surface area (Å²) >= 11 is 0. The van der Waals surface area contributed by atoms with Gasteiger partial charge in [-0.05, 0) is 43.2 Å². The smallest absolute Gasteiger partial charge is 0.310 e. The number of piperidine rings is 1. The van der Waals surface area contributed by atoms with Crippen LogP contribution in [0.25, 0.3) is 5.57 Å². The maximum atomic E-state index is 12.8. The van der Waals surface area contributed by atoms with Crippen molar-refractivity contribution in [1.29, 1.82) is 0 Å². The van der Waals surface area contributed by atoms with Gasteiger partial charge in [0, 0.05) is 25.7 Å². The third kappa shape index (κ3) is 4.90. The molecule has 1 aromatic rings.